The molecule has 6 nitrogen and oxygen atoms in total. The number of likely N-dealkylation sites (N-methyl/N-ethyl adjacent to an activating group) is 1. The van der Waals surface area contributed by atoms with E-state index in [1.807, 2.05) is 56.4 Å². The third-order valence-corrected chi connectivity index (χ3v) is 4.65. The number of rotatable bonds is 13. The summed E-state index contributed by atoms with van der Waals surface area (Å²) in [6.07, 6.45) is -0.181. The molecule has 1 atom stereocenters. The van der Waals surface area contributed by atoms with Crippen molar-refractivity contribution in [3.8, 4) is 23.0 Å². The largest absolute Gasteiger partial charge is 0.493 e. The fourth-order valence-corrected chi connectivity index (χ4v) is 2.78. The Kier molecular flexibility index (Phi) is 9.77. The van der Waals surface area contributed by atoms with Gasteiger partial charge in [0.25, 0.3) is 0 Å². The van der Waals surface area contributed by atoms with Gasteiger partial charge in [0.2, 0.25) is 5.75 Å². The topological polar surface area (TPSA) is 49.4 Å². The molecule has 0 heterocycles. The fourth-order valence-electron chi connectivity index (χ4n) is 2.78. The number of hydrogen-bond acceptors (Lipinski definition) is 6. The van der Waals surface area contributed by atoms with E-state index in [4.69, 9.17) is 23.7 Å². The second kappa shape index (κ2) is 12.3. The van der Waals surface area contributed by atoms with Gasteiger partial charge in [0.15, 0.2) is 11.5 Å². The average molecular weight is 418 g/mol. The van der Waals surface area contributed by atoms with Gasteiger partial charge in [0.05, 0.1) is 20.8 Å². The van der Waals surface area contributed by atoms with E-state index in [0.717, 1.165) is 17.9 Å². The second-order valence-electron chi connectivity index (χ2n) is 7.59. The van der Waals surface area contributed by atoms with E-state index in [1.54, 1.807) is 14.2 Å². The van der Waals surface area contributed by atoms with Gasteiger partial charge < -0.3 is 23.7 Å². The molecule has 0 aliphatic carbocycles. The molecule has 0 radical (unpaired) electrons. The minimum Gasteiger partial charge on any atom is -0.493 e. The molecule has 0 aromatic heterocycles. The SMILES string of the molecule is COc1cccc(OC)c1OC(C)N(C)CCOc1ccc(COCC(C)C)cc1. The minimum atomic E-state index is -0.181. The zero-order valence-electron chi connectivity index (χ0n) is 19.0. The summed E-state index contributed by atoms with van der Waals surface area (Å²) in [5.41, 5.74) is 1.15. The van der Waals surface area contributed by atoms with Crippen molar-refractivity contribution in [2.75, 3.05) is 41.0 Å². The lowest BCUT2D eigenvalue weighted by atomic mass is 10.2. The molecule has 0 aliphatic rings. The van der Waals surface area contributed by atoms with Gasteiger partial charge in [-0.15, -0.1) is 0 Å². The Morgan fingerprint density at radius 1 is 0.900 bits per heavy atom. The van der Waals surface area contributed by atoms with E-state index in [-0.39, 0.29) is 6.23 Å². The standard InChI is InChI=1S/C24H35NO5/c1-18(2)16-28-17-20-10-12-21(13-11-20)29-15-14-25(4)19(3)30-24-22(26-5)8-7-9-23(24)27-6/h7-13,18-19H,14-17H2,1-6H3. The van der Waals surface area contributed by atoms with Crippen molar-refractivity contribution >= 4 is 0 Å². The highest BCUT2D eigenvalue weighted by atomic mass is 16.6. The number of methoxy groups -OCH3 is 2. The van der Waals surface area contributed by atoms with Gasteiger partial charge in [0.1, 0.15) is 18.6 Å². The highest BCUT2D eigenvalue weighted by Crippen LogP contribution is 2.37. The summed E-state index contributed by atoms with van der Waals surface area (Å²) < 4.78 is 28.4. The third-order valence-electron chi connectivity index (χ3n) is 4.65. The van der Waals surface area contributed by atoms with E-state index in [0.29, 0.717) is 42.9 Å². The number of para-hydroxylation sites is 1. The Hall–Kier alpha value is -2.44. The Bertz CT molecular complexity index is 726. The number of benzene rings is 2. The van der Waals surface area contributed by atoms with Crippen LogP contribution in [-0.4, -0.2) is 52.2 Å². The quantitative estimate of drug-likeness (QED) is 0.444. The molecule has 2 aromatic rings. The molecular formula is C24H35NO5. The van der Waals surface area contributed by atoms with Crippen LogP contribution in [0.25, 0.3) is 0 Å². The molecule has 2 rings (SSSR count). The lowest BCUT2D eigenvalue weighted by molar-refractivity contribution is 0.0464. The van der Waals surface area contributed by atoms with E-state index in [2.05, 4.69) is 18.7 Å². The van der Waals surface area contributed by atoms with Gasteiger partial charge >= 0.3 is 0 Å². The minimum absolute atomic E-state index is 0.181. The summed E-state index contributed by atoms with van der Waals surface area (Å²) >= 11 is 0. The molecule has 0 N–H and O–H groups in total. The number of nitrogens with zero attached hydrogens (tertiary/aromatic N) is 1. The maximum atomic E-state index is 6.10. The van der Waals surface area contributed by atoms with E-state index in [1.165, 1.54) is 0 Å². The van der Waals surface area contributed by atoms with Gasteiger partial charge in [-0.25, -0.2) is 0 Å². The van der Waals surface area contributed by atoms with Crippen LogP contribution in [0.2, 0.25) is 0 Å². The Balaban J connectivity index is 1.80. The zero-order chi connectivity index (χ0) is 21.9. The Labute approximate surface area is 180 Å². The molecule has 2 aromatic carbocycles. The van der Waals surface area contributed by atoms with Crippen LogP contribution in [0.5, 0.6) is 23.0 Å². The van der Waals surface area contributed by atoms with Crippen molar-refractivity contribution in [1.29, 1.82) is 0 Å². The number of ether oxygens (including phenoxy) is 5. The summed E-state index contributed by atoms with van der Waals surface area (Å²) in [4.78, 5) is 2.07. The van der Waals surface area contributed by atoms with Gasteiger partial charge in [-0.05, 0) is 49.7 Å². The molecule has 6 heteroatoms. The van der Waals surface area contributed by atoms with Crippen molar-refractivity contribution in [3.63, 3.8) is 0 Å². The molecule has 0 aliphatic heterocycles. The van der Waals surface area contributed by atoms with E-state index < -0.39 is 0 Å². The lowest BCUT2D eigenvalue weighted by Gasteiger charge is -2.26. The summed E-state index contributed by atoms with van der Waals surface area (Å²) in [6, 6.07) is 13.6. The van der Waals surface area contributed by atoms with Crippen LogP contribution in [0.3, 0.4) is 0 Å². The molecule has 30 heavy (non-hydrogen) atoms. The van der Waals surface area contributed by atoms with Gasteiger partial charge in [0, 0.05) is 13.2 Å². The summed E-state index contributed by atoms with van der Waals surface area (Å²) in [7, 11) is 5.22. The first-order valence-electron chi connectivity index (χ1n) is 10.3. The summed E-state index contributed by atoms with van der Waals surface area (Å²) in [5, 5.41) is 0. The molecule has 0 fully saturated rings. The van der Waals surface area contributed by atoms with Gasteiger partial charge in [-0.3, -0.25) is 4.90 Å². The maximum Gasteiger partial charge on any atom is 0.205 e. The molecule has 166 valence electrons. The highest BCUT2D eigenvalue weighted by Gasteiger charge is 2.17. The van der Waals surface area contributed by atoms with Crippen molar-refractivity contribution < 1.29 is 23.7 Å². The normalized spacial score (nSPS) is 12.1. The van der Waals surface area contributed by atoms with Crippen LogP contribution in [0.4, 0.5) is 0 Å². The van der Waals surface area contributed by atoms with Crippen LogP contribution in [-0.2, 0) is 11.3 Å². The van der Waals surface area contributed by atoms with Crippen LogP contribution < -0.4 is 18.9 Å². The molecule has 0 saturated carbocycles. The Morgan fingerprint density at radius 2 is 1.53 bits per heavy atom. The van der Waals surface area contributed by atoms with Crippen LogP contribution in [0.15, 0.2) is 42.5 Å². The maximum absolute atomic E-state index is 6.10. The van der Waals surface area contributed by atoms with Crippen molar-refractivity contribution in [2.45, 2.75) is 33.6 Å². The summed E-state index contributed by atoms with van der Waals surface area (Å²) in [5.74, 6) is 3.26. The molecule has 0 amide bonds. The first-order valence-corrected chi connectivity index (χ1v) is 10.3. The number of hydrogen-bond donors (Lipinski definition) is 0. The first kappa shape index (κ1) is 23.8. The third kappa shape index (κ3) is 7.43. The van der Waals surface area contributed by atoms with Crippen molar-refractivity contribution in [2.24, 2.45) is 5.92 Å². The van der Waals surface area contributed by atoms with Crippen molar-refractivity contribution in [1.82, 2.24) is 4.90 Å². The predicted molar refractivity (Wildman–Crippen MR) is 119 cm³/mol. The fraction of sp³-hybridized carbons (Fsp3) is 0.500. The molecule has 0 spiro atoms. The smallest absolute Gasteiger partial charge is 0.205 e. The van der Waals surface area contributed by atoms with Crippen LogP contribution in [0.1, 0.15) is 26.3 Å². The zero-order valence-corrected chi connectivity index (χ0v) is 19.0. The first-order chi connectivity index (χ1) is 14.4. The van der Waals surface area contributed by atoms with E-state index in [9.17, 15) is 0 Å². The Morgan fingerprint density at radius 3 is 2.10 bits per heavy atom. The highest BCUT2D eigenvalue weighted by molar-refractivity contribution is 5.51. The van der Waals surface area contributed by atoms with E-state index >= 15 is 0 Å². The van der Waals surface area contributed by atoms with Gasteiger partial charge in [-0.1, -0.05) is 32.0 Å². The second-order valence-corrected chi connectivity index (χ2v) is 7.59. The predicted octanol–water partition coefficient (Wildman–Crippen LogP) is 4.61. The molecular weight excluding hydrogens is 382 g/mol. The van der Waals surface area contributed by atoms with Gasteiger partial charge in [-0.2, -0.15) is 0 Å². The lowest BCUT2D eigenvalue weighted by Crippen LogP contribution is -2.36. The monoisotopic (exact) mass is 417 g/mol. The molecule has 1 unspecified atom stereocenters. The van der Waals surface area contributed by atoms with Crippen molar-refractivity contribution in [3.05, 3.63) is 48.0 Å². The average Bonchev–Trinajstić information content (AvgIpc) is 2.74. The molecule has 0 saturated heterocycles. The van der Waals surface area contributed by atoms with Crippen LogP contribution >= 0.6 is 0 Å². The van der Waals surface area contributed by atoms with Crippen LogP contribution in [0, 0.1) is 5.92 Å². The molecule has 0 bridgehead atoms. The summed E-state index contributed by atoms with van der Waals surface area (Å²) in [6.45, 7) is 8.93.